The number of carbonyl (C=O) groups excluding carboxylic acids is 1. The molecule has 1 heterocycles. The monoisotopic (exact) mass is 421 g/mol. The standard InChI is InChI=1S/C13H10Cl2IN3O/c1-17-11-5-3-8(14)12(19-11)13(20)18-10-4-2-7(16)6-9(10)15/h2-6H,1H3,(H,17,19)(H,18,20). The van der Waals surface area contributed by atoms with Crippen LogP contribution in [0.2, 0.25) is 10.0 Å². The highest BCUT2D eigenvalue weighted by molar-refractivity contribution is 14.1. The number of nitrogens with one attached hydrogen (secondary N) is 2. The van der Waals surface area contributed by atoms with E-state index in [2.05, 4.69) is 38.2 Å². The van der Waals surface area contributed by atoms with Gasteiger partial charge in [0.2, 0.25) is 0 Å². The number of hydrogen-bond donors (Lipinski definition) is 2. The zero-order chi connectivity index (χ0) is 14.7. The molecule has 0 atom stereocenters. The summed E-state index contributed by atoms with van der Waals surface area (Å²) in [6.45, 7) is 0. The zero-order valence-corrected chi connectivity index (χ0v) is 14.0. The van der Waals surface area contributed by atoms with E-state index in [4.69, 9.17) is 23.2 Å². The van der Waals surface area contributed by atoms with Crippen molar-refractivity contribution in [1.29, 1.82) is 0 Å². The molecular weight excluding hydrogens is 412 g/mol. The van der Waals surface area contributed by atoms with Gasteiger partial charge in [0.15, 0.2) is 0 Å². The fourth-order valence-corrected chi connectivity index (χ4v) is 2.61. The molecule has 0 spiro atoms. The molecule has 0 saturated carbocycles. The smallest absolute Gasteiger partial charge is 0.275 e. The van der Waals surface area contributed by atoms with E-state index in [1.165, 1.54) is 0 Å². The van der Waals surface area contributed by atoms with Gasteiger partial charge in [0, 0.05) is 10.6 Å². The van der Waals surface area contributed by atoms with Gasteiger partial charge in [-0.2, -0.15) is 0 Å². The molecule has 0 bridgehead atoms. The number of rotatable bonds is 3. The summed E-state index contributed by atoms with van der Waals surface area (Å²) < 4.78 is 0.985. The average Bonchev–Trinajstić information content (AvgIpc) is 2.42. The quantitative estimate of drug-likeness (QED) is 0.727. The Morgan fingerprint density at radius 1 is 1.20 bits per heavy atom. The number of carbonyl (C=O) groups is 1. The van der Waals surface area contributed by atoms with Crippen molar-refractivity contribution in [3.8, 4) is 0 Å². The lowest BCUT2D eigenvalue weighted by atomic mass is 10.3. The fraction of sp³-hybridized carbons (Fsp3) is 0.0769. The van der Waals surface area contributed by atoms with Gasteiger partial charge in [0.25, 0.3) is 5.91 Å². The van der Waals surface area contributed by atoms with Crippen molar-refractivity contribution in [2.24, 2.45) is 0 Å². The Morgan fingerprint density at radius 3 is 2.60 bits per heavy atom. The Kier molecular flexibility index (Phi) is 5.06. The van der Waals surface area contributed by atoms with E-state index in [-0.39, 0.29) is 10.7 Å². The van der Waals surface area contributed by atoms with Crippen LogP contribution >= 0.6 is 45.8 Å². The minimum absolute atomic E-state index is 0.146. The second-order valence-corrected chi connectivity index (χ2v) is 5.92. The lowest BCUT2D eigenvalue weighted by Crippen LogP contribution is -2.15. The van der Waals surface area contributed by atoms with E-state index in [1.54, 1.807) is 31.3 Å². The molecule has 0 radical (unpaired) electrons. The maximum absolute atomic E-state index is 12.2. The summed E-state index contributed by atoms with van der Waals surface area (Å²) >= 11 is 14.2. The highest BCUT2D eigenvalue weighted by atomic mass is 127. The Balaban J connectivity index is 2.28. The van der Waals surface area contributed by atoms with Crippen LogP contribution in [0.15, 0.2) is 30.3 Å². The largest absolute Gasteiger partial charge is 0.373 e. The van der Waals surface area contributed by atoms with Crippen molar-refractivity contribution >= 4 is 63.2 Å². The highest BCUT2D eigenvalue weighted by Crippen LogP contribution is 2.25. The van der Waals surface area contributed by atoms with Gasteiger partial charge in [-0.05, 0) is 52.9 Å². The van der Waals surface area contributed by atoms with Gasteiger partial charge < -0.3 is 10.6 Å². The van der Waals surface area contributed by atoms with E-state index in [0.29, 0.717) is 16.5 Å². The molecule has 7 heteroatoms. The summed E-state index contributed by atoms with van der Waals surface area (Å²) in [6, 6.07) is 8.65. The molecule has 1 aromatic heterocycles. The second kappa shape index (κ2) is 6.60. The predicted octanol–water partition coefficient (Wildman–Crippen LogP) is 4.29. The summed E-state index contributed by atoms with van der Waals surface area (Å²) in [4.78, 5) is 16.3. The van der Waals surface area contributed by atoms with E-state index >= 15 is 0 Å². The first-order valence-electron chi connectivity index (χ1n) is 5.62. The molecule has 0 saturated heterocycles. The predicted molar refractivity (Wildman–Crippen MR) is 90.9 cm³/mol. The molecule has 20 heavy (non-hydrogen) atoms. The first kappa shape index (κ1) is 15.3. The molecule has 0 aliphatic rings. The Hall–Kier alpha value is -1.05. The van der Waals surface area contributed by atoms with Crippen molar-refractivity contribution in [1.82, 2.24) is 4.98 Å². The number of nitrogens with zero attached hydrogens (tertiary/aromatic N) is 1. The lowest BCUT2D eigenvalue weighted by Gasteiger charge is -2.09. The number of anilines is 2. The van der Waals surface area contributed by atoms with Crippen molar-refractivity contribution in [3.05, 3.63) is 49.6 Å². The summed E-state index contributed by atoms with van der Waals surface area (Å²) in [6.07, 6.45) is 0. The number of halogens is 3. The van der Waals surface area contributed by atoms with Crippen molar-refractivity contribution in [3.63, 3.8) is 0 Å². The van der Waals surface area contributed by atoms with Crippen LogP contribution in [-0.4, -0.2) is 17.9 Å². The Labute approximate surface area is 140 Å². The van der Waals surface area contributed by atoms with Gasteiger partial charge in [0.1, 0.15) is 11.5 Å². The maximum atomic E-state index is 12.2. The van der Waals surface area contributed by atoms with E-state index < -0.39 is 5.91 Å². The van der Waals surface area contributed by atoms with Crippen LogP contribution in [0.1, 0.15) is 10.5 Å². The normalized spacial score (nSPS) is 10.2. The molecule has 2 N–H and O–H groups in total. The lowest BCUT2D eigenvalue weighted by molar-refractivity contribution is 0.102. The van der Waals surface area contributed by atoms with Gasteiger partial charge in [-0.3, -0.25) is 4.79 Å². The Morgan fingerprint density at radius 2 is 1.95 bits per heavy atom. The van der Waals surface area contributed by atoms with Gasteiger partial charge in [-0.25, -0.2) is 4.98 Å². The van der Waals surface area contributed by atoms with Crippen molar-refractivity contribution in [2.75, 3.05) is 17.7 Å². The van der Waals surface area contributed by atoms with Crippen LogP contribution < -0.4 is 10.6 Å². The third-order valence-electron chi connectivity index (χ3n) is 2.50. The van der Waals surface area contributed by atoms with Crippen LogP contribution in [0.3, 0.4) is 0 Å². The van der Waals surface area contributed by atoms with Crippen molar-refractivity contribution < 1.29 is 4.79 Å². The summed E-state index contributed by atoms with van der Waals surface area (Å²) in [5, 5.41) is 6.30. The molecule has 1 amide bonds. The first-order chi connectivity index (χ1) is 9.51. The van der Waals surface area contributed by atoms with E-state index in [1.807, 2.05) is 6.07 Å². The van der Waals surface area contributed by atoms with E-state index in [9.17, 15) is 4.79 Å². The first-order valence-corrected chi connectivity index (χ1v) is 7.45. The maximum Gasteiger partial charge on any atom is 0.275 e. The minimum Gasteiger partial charge on any atom is -0.373 e. The van der Waals surface area contributed by atoms with Crippen LogP contribution in [0.5, 0.6) is 0 Å². The molecule has 1 aromatic carbocycles. The van der Waals surface area contributed by atoms with Crippen LogP contribution in [-0.2, 0) is 0 Å². The molecule has 0 aliphatic heterocycles. The number of pyridine rings is 1. The minimum atomic E-state index is -0.407. The Bertz CT molecular complexity index is 664. The molecule has 0 fully saturated rings. The van der Waals surface area contributed by atoms with Crippen LogP contribution in [0, 0.1) is 3.57 Å². The number of hydrogen-bond acceptors (Lipinski definition) is 3. The molecular formula is C13H10Cl2IN3O. The zero-order valence-electron chi connectivity index (χ0n) is 10.4. The van der Waals surface area contributed by atoms with Gasteiger partial charge >= 0.3 is 0 Å². The molecule has 2 aromatic rings. The average molecular weight is 422 g/mol. The number of amides is 1. The second-order valence-electron chi connectivity index (χ2n) is 3.86. The summed E-state index contributed by atoms with van der Waals surface area (Å²) in [5.41, 5.74) is 0.665. The topological polar surface area (TPSA) is 54.0 Å². The summed E-state index contributed by atoms with van der Waals surface area (Å²) in [5.74, 6) is 0.156. The van der Waals surface area contributed by atoms with Gasteiger partial charge in [-0.1, -0.05) is 23.2 Å². The fourth-order valence-electron chi connectivity index (χ4n) is 1.51. The number of benzene rings is 1. The molecule has 104 valence electrons. The third kappa shape index (κ3) is 3.53. The van der Waals surface area contributed by atoms with E-state index in [0.717, 1.165) is 3.57 Å². The summed E-state index contributed by atoms with van der Waals surface area (Å²) in [7, 11) is 1.72. The molecule has 0 aliphatic carbocycles. The number of aromatic nitrogens is 1. The van der Waals surface area contributed by atoms with Gasteiger partial charge in [-0.15, -0.1) is 0 Å². The van der Waals surface area contributed by atoms with Crippen LogP contribution in [0.25, 0.3) is 0 Å². The molecule has 2 rings (SSSR count). The molecule has 4 nitrogen and oxygen atoms in total. The SMILES string of the molecule is CNc1ccc(Cl)c(C(=O)Nc2ccc(I)cc2Cl)n1. The van der Waals surface area contributed by atoms with Crippen molar-refractivity contribution in [2.45, 2.75) is 0 Å². The van der Waals surface area contributed by atoms with Crippen LogP contribution in [0.4, 0.5) is 11.5 Å². The van der Waals surface area contributed by atoms with Gasteiger partial charge in [0.05, 0.1) is 15.7 Å². The molecule has 0 unspecified atom stereocenters. The third-order valence-corrected chi connectivity index (χ3v) is 3.79. The highest BCUT2D eigenvalue weighted by Gasteiger charge is 2.14.